The normalized spacial score (nSPS) is 12.4. The van der Waals surface area contributed by atoms with Gasteiger partial charge in [0.15, 0.2) is 0 Å². The summed E-state index contributed by atoms with van der Waals surface area (Å²) in [6.07, 6.45) is 2.36. The number of hydrogen-bond acceptors (Lipinski definition) is 1. The van der Waals surface area contributed by atoms with Crippen molar-refractivity contribution in [2.45, 2.75) is 39.7 Å². The van der Waals surface area contributed by atoms with E-state index in [1.807, 2.05) is 12.1 Å². The van der Waals surface area contributed by atoms with E-state index >= 15 is 0 Å². The summed E-state index contributed by atoms with van der Waals surface area (Å²) in [5.74, 6) is 1.69. The molecule has 0 aliphatic heterocycles. The summed E-state index contributed by atoms with van der Waals surface area (Å²) in [6, 6.07) is 18.8. The van der Waals surface area contributed by atoms with Gasteiger partial charge in [-0.3, -0.25) is 0 Å². The second-order valence-corrected chi connectivity index (χ2v) is 5.75. The largest absolute Gasteiger partial charge is 0.485 e. The van der Waals surface area contributed by atoms with Crippen LogP contribution in [0, 0.1) is 12.8 Å². The van der Waals surface area contributed by atoms with Crippen LogP contribution in [0.15, 0.2) is 54.6 Å². The van der Waals surface area contributed by atoms with E-state index in [0.29, 0.717) is 5.92 Å². The molecule has 1 nitrogen and oxygen atoms in total. The molecule has 2 rings (SSSR count). The van der Waals surface area contributed by atoms with Crippen LogP contribution < -0.4 is 4.74 Å². The topological polar surface area (TPSA) is 9.23 Å². The Morgan fingerprint density at radius 1 is 0.850 bits per heavy atom. The SMILES string of the molecule is Cc1ccccc1OC(CCC(C)C)c1ccccc1. The maximum Gasteiger partial charge on any atom is 0.124 e. The molecule has 0 saturated carbocycles. The molecule has 1 unspecified atom stereocenters. The van der Waals surface area contributed by atoms with Crippen molar-refractivity contribution >= 4 is 0 Å². The van der Waals surface area contributed by atoms with E-state index in [2.05, 4.69) is 63.2 Å². The summed E-state index contributed by atoms with van der Waals surface area (Å²) < 4.78 is 6.28. The third-order valence-electron chi connectivity index (χ3n) is 3.54. The maximum atomic E-state index is 6.28. The lowest BCUT2D eigenvalue weighted by Gasteiger charge is -2.21. The molecule has 0 aliphatic rings. The molecule has 0 spiro atoms. The van der Waals surface area contributed by atoms with E-state index in [4.69, 9.17) is 4.74 Å². The van der Waals surface area contributed by atoms with Crippen LogP contribution in [0.5, 0.6) is 5.75 Å². The summed E-state index contributed by atoms with van der Waals surface area (Å²) in [4.78, 5) is 0. The molecule has 0 aromatic heterocycles. The van der Waals surface area contributed by atoms with Gasteiger partial charge in [0, 0.05) is 0 Å². The van der Waals surface area contributed by atoms with Gasteiger partial charge in [-0.1, -0.05) is 62.4 Å². The molecule has 106 valence electrons. The maximum absolute atomic E-state index is 6.28. The first-order valence-electron chi connectivity index (χ1n) is 7.44. The zero-order chi connectivity index (χ0) is 14.4. The zero-order valence-corrected chi connectivity index (χ0v) is 12.7. The minimum atomic E-state index is 0.139. The van der Waals surface area contributed by atoms with Crippen LogP contribution in [0.3, 0.4) is 0 Å². The van der Waals surface area contributed by atoms with Crippen molar-refractivity contribution in [2.75, 3.05) is 0 Å². The number of rotatable bonds is 6. The highest BCUT2D eigenvalue weighted by atomic mass is 16.5. The Kier molecular flexibility index (Phi) is 5.23. The van der Waals surface area contributed by atoms with Gasteiger partial charge in [-0.25, -0.2) is 0 Å². The average Bonchev–Trinajstić information content (AvgIpc) is 2.46. The molecular weight excluding hydrogens is 244 g/mol. The lowest BCUT2D eigenvalue weighted by atomic mass is 9.99. The van der Waals surface area contributed by atoms with Crippen molar-refractivity contribution in [2.24, 2.45) is 5.92 Å². The van der Waals surface area contributed by atoms with Gasteiger partial charge < -0.3 is 4.74 Å². The fourth-order valence-electron chi connectivity index (χ4n) is 2.29. The van der Waals surface area contributed by atoms with Crippen molar-refractivity contribution in [3.63, 3.8) is 0 Å². The second kappa shape index (κ2) is 7.14. The van der Waals surface area contributed by atoms with Gasteiger partial charge >= 0.3 is 0 Å². The molecule has 1 heteroatoms. The Morgan fingerprint density at radius 2 is 1.50 bits per heavy atom. The Hall–Kier alpha value is -1.76. The number of benzene rings is 2. The molecule has 0 radical (unpaired) electrons. The molecule has 0 amide bonds. The van der Waals surface area contributed by atoms with Crippen LogP contribution in [-0.4, -0.2) is 0 Å². The van der Waals surface area contributed by atoms with Gasteiger partial charge in [0.1, 0.15) is 11.9 Å². The van der Waals surface area contributed by atoms with Crippen LogP contribution >= 0.6 is 0 Å². The molecule has 0 bridgehead atoms. The quantitative estimate of drug-likeness (QED) is 0.667. The van der Waals surface area contributed by atoms with Crippen LogP contribution in [0.25, 0.3) is 0 Å². The molecule has 0 N–H and O–H groups in total. The summed E-state index contributed by atoms with van der Waals surface area (Å²) in [6.45, 7) is 6.62. The number of ether oxygens (including phenoxy) is 1. The summed E-state index contributed by atoms with van der Waals surface area (Å²) in [5, 5.41) is 0. The van der Waals surface area contributed by atoms with Gasteiger partial charge in [-0.15, -0.1) is 0 Å². The minimum Gasteiger partial charge on any atom is -0.485 e. The molecule has 0 fully saturated rings. The highest BCUT2D eigenvalue weighted by Gasteiger charge is 2.14. The summed E-state index contributed by atoms with van der Waals surface area (Å²) in [7, 11) is 0. The minimum absolute atomic E-state index is 0.139. The van der Waals surface area contributed by atoms with Crippen molar-refractivity contribution in [1.82, 2.24) is 0 Å². The monoisotopic (exact) mass is 268 g/mol. The smallest absolute Gasteiger partial charge is 0.124 e. The van der Waals surface area contributed by atoms with Crippen LogP contribution in [0.2, 0.25) is 0 Å². The van der Waals surface area contributed by atoms with Gasteiger partial charge in [-0.2, -0.15) is 0 Å². The number of para-hydroxylation sites is 1. The Bertz CT molecular complexity index is 516. The van der Waals surface area contributed by atoms with E-state index in [-0.39, 0.29) is 6.10 Å². The predicted octanol–water partition coefficient (Wildman–Crippen LogP) is 5.55. The molecule has 20 heavy (non-hydrogen) atoms. The lowest BCUT2D eigenvalue weighted by Crippen LogP contribution is -2.09. The number of hydrogen-bond donors (Lipinski definition) is 0. The van der Waals surface area contributed by atoms with E-state index < -0.39 is 0 Å². The third-order valence-corrected chi connectivity index (χ3v) is 3.54. The first-order valence-corrected chi connectivity index (χ1v) is 7.44. The van der Waals surface area contributed by atoms with E-state index in [9.17, 15) is 0 Å². The highest BCUT2D eigenvalue weighted by Crippen LogP contribution is 2.29. The van der Waals surface area contributed by atoms with E-state index in [1.165, 1.54) is 17.5 Å². The first kappa shape index (κ1) is 14.6. The van der Waals surface area contributed by atoms with Gasteiger partial charge in [0.05, 0.1) is 0 Å². The molecule has 1 atom stereocenters. The molecule has 0 heterocycles. The zero-order valence-electron chi connectivity index (χ0n) is 12.7. The molecule has 0 aliphatic carbocycles. The van der Waals surface area contributed by atoms with Crippen molar-refractivity contribution in [1.29, 1.82) is 0 Å². The standard InChI is InChI=1S/C19H24O/c1-15(2)13-14-19(17-10-5-4-6-11-17)20-18-12-8-7-9-16(18)3/h4-12,15,19H,13-14H2,1-3H3. The van der Waals surface area contributed by atoms with Gasteiger partial charge in [-0.05, 0) is 42.9 Å². The Labute approximate surface area is 122 Å². The summed E-state index contributed by atoms with van der Waals surface area (Å²) >= 11 is 0. The van der Waals surface area contributed by atoms with E-state index in [1.54, 1.807) is 0 Å². The van der Waals surface area contributed by atoms with Crippen LogP contribution in [0.1, 0.15) is 43.9 Å². The predicted molar refractivity (Wildman–Crippen MR) is 85.1 cm³/mol. The fraction of sp³-hybridized carbons (Fsp3) is 0.368. The van der Waals surface area contributed by atoms with Gasteiger partial charge in [0.25, 0.3) is 0 Å². The Balaban J connectivity index is 2.16. The van der Waals surface area contributed by atoms with Gasteiger partial charge in [0.2, 0.25) is 0 Å². The summed E-state index contributed by atoms with van der Waals surface area (Å²) in [5.41, 5.74) is 2.45. The van der Waals surface area contributed by atoms with Crippen molar-refractivity contribution < 1.29 is 4.74 Å². The average molecular weight is 268 g/mol. The number of aryl methyl sites for hydroxylation is 1. The third kappa shape index (κ3) is 4.12. The first-order chi connectivity index (χ1) is 9.66. The Morgan fingerprint density at radius 3 is 2.15 bits per heavy atom. The lowest BCUT2D eigenvalue weighted by molar-refractivity contribution is 0.184. The van der Waals surface area contributed by atoms with Crippen LogP contribution in [-0.2, 0) is 0 Å². The van der Waals surface area contributed by atoms with Crippen LogP contribution in [0.4, 0.5) is 0 Å². The molecule has 2 aromatic carbocycles. The fourth-order valence-corrected chi connectivity index (χ4v) is 2.29. The van der Waals surface area contributed by atoms with Crippen molar-refractivity contribution in [3.05, 3.63) is 65.7 Å². The van der Waals surface area contributed by atoms with Crippen molar-refractivity contribution in [3.8, 4) is 5.75 Å². The molecule has 2 aromatic rings. The highest BCUT2D eigenvalue weighted by molar-refractivity contribution is 5.32. The second-order valence-electron chi connectivity index (χ2n) is 5.75. The molecule has 0 saturated heterocycles. The van der Waals surface area contributed by atoms with E-state index in [0.717, 1.165) is 12.2 Å². The molecular formula is C19H24O.